The molecule has 0 saturated heterocycles. The Morgan fingerprint density at radius 1 is 1.02 bits per heavy atom. The van der Waals surface area contributed by atoms with E-state index in [0.717, 1.165) is 9.20 Å². The number of likely N-dealkylation sites (N-methyl/N-ethyl adjacent to an activating group) is 1. The number of hydrogen-bond acceptors (Lipinski definition) is 6. The normalized spacial score (nSPS) is 11.9. The van der Waals surface area contributed by atoms with Crippen LogP contribution in [0.2, 0.25) is 10.0 Å². The maximum atomic E-state index is 14.0. The molecule has 0 bridgehead atoms. The van der Waals surface area contributed by atoms with Crippen LogP contribution in [-0.4, -0.2) is 57.6 Å². The first kappa shape index (κ1) is 31.6. The van der Waals surface area contributed by atoms with Crippen molar-refractivity contribution in [2.45, 2.75) is 36.2 Å². The van der Waals surface area contributed by atoms with Crippen molar-refractivity contribution in [3.05, 3.63) is 82.3 Å². The first-order chi connectivity index (χ1) is 19.0. The Bertz CT molecular complexity index is 1450. The molecule has 0 saturated carbocycles. The van der Waals surface area contributed by atoms with E-state index in [1.54, 1.807) is 68.4 Å². The molecule has 1 atom stereocenters. The third-order valence-corrected chi connectivity index (χ3v) is 9.37. The van der Waals surface area contributed by atoms with Gasteiger partial charge in [0.15, 0.2) is 0 Å². The van der Waals surface area contributed by atoms with E-state index < -0.39 is 34.4 Å². The summed E-state index contributed by atoms with van der Waals surface area (Å²) in [7, 11) is -2.76. The monoisotopic (exact) mass is 623 g/mol. The van der Waals surface area contributed by atoms with E-state index in [0.29, 0.717) is 28.0 Å². The molecule has 12 heteroatoms. The van der Waals surface area contributed by atoms with Gasteiger partial charge in [-0.25, -0.2) is 8.42 Å². The van der Waals surface area contributed by atoms with Crippen LogP contribution >= 0.6 is 35.0 Å². The van der Waals surface area contributed by atoms with Gasteiger partial charge >= 0.3 is 0 Å². The minimum Gasteiger partial charge on any atom is -0.492 e. The fourth-order valence-corrected chi connectivity index (χ4v) is 6.11. The van der Waals surface area contributed by atoms with Crippen LogP contribution in [0.3, 0.4) is 0 Å². The second-order valence-corrected chi connectivity index (χ2v) is 12.2. The number of anilines is 1. The van der Waals surface area contributed by atoms with Gasteiger partial charge in [0.1, 0.15) is 18.3 Å². The smallest absolute Gasteiger partial charge is 0.264 e. The number of carbonyl (C=O) groups excluding carboxylic acids is 2. The van der Waals surface area contributed by atoms with Gasteiger partial charge in [0.25, 0.3) is 10.0 Å². The lowest BCUT2D eigenvalue weighted by Gasteiger charge is -2.32. The molecular formula is C28H31Cl2N3O5S2. The molecule has 0 aromatic heterocycles. The summed E-state index contributed by atoms with van der Waals surface area (Å²) >= 11 is 13.7. The quantitative estimate of drug-likeness (QED) is 0.269. The molecule has 3 rings (SSSR count). The number of hydrogen-bond donors (Lipinski definition) is 1. The molecule has 3 aromatic carbocycles. The zero-order chi connectivity index (χ0) is 29.4. The lowest BCUT2D eigenvalue weighted by molar-refractivity contribution is -0.139. The van der Waals surface area contributed by atoms with Crippen molar-refractivity contribution >= 4 is 62.5 Å². The molecule has 1 unspecified atom stereocenters. The molecule has 0 aliphatic rings. The summed E-state index contributed by atoms with van der Waals surface area (Å²) in [4.78, 5) is 28.8. The summed E-state index contributed by atoms with van der Waals surface area (Å²) in [6.07, 6.45) is 1.89. The Morgan fingerprint density at radius 2 is 1.70 bits per heavy atom. The van der Waals surface area contributed by atoms with Gasteiger partial charge in [0, 0.05) is 18.5 Å². The molecule has 40 heavy (non-hydrogen) atoms. The van der Waals surface area contributed by atoms with Gasteiger partial charge in [0.2, 0.25) is 11.8 Å². The van der Waals surface area contributed by atoms with Crippen molar-refractivity contribution in [3.8, 4) is 5.75 Å². The SMILES string of the molecule is CCOc1ccccc1N(CC(=O)N(Cc1ccc(Cl)c(Cl)c1)C(C)C(=O)NC)S(=O)(=O)c1ccc(SC)cc1. The summed E-state index contributed by atoms with van der Waals surface area (Å²) < 4.78 is 34.8. The molecule has 0 radical (unpaired) electrons. The van der Waals surface area contributed by atoms with E-state index >= 15 is 0 Å². The second-order valence-electron chi connectivity index (χ2n) is 8.65. The van der Waals surface area contributed by atoms with E-state index in [1.807, 2.05) is 6.26 Å². The van der Waals surface area contributed by atoms with Gasteiger partial charge < -0.3 is 15.0 Å². The molecule has 0 heterocycles. The number of sulfonamides is 1. The minimum absolute atomic E-state index is 0.00623. The Morgan fingerprint density at radius 3 is 2.30 bits per heavy atom. The standard InChI is InChI=1S/C28H31Cl2N3O5S2/c1-5-38-26-9-7-6-8-25(26)33(40(36,37)22-13-11-21(39-4)12-14-22)18-27(34)32(19(2)28(35)31-3)17-20-10-15-23(29)24(30)16-20/h6-16,19H,5,17-18H2,1-4H3,(H,31,35). The predicted molar refractivity (Wildman–Crippen MR) is 161 cm³/mol. The number of nitrogens with zero attached hydrogens (tertiary/aromatic N) is 2. The van der Waals surface area contributed by atoms with Gasteiger partial charge in [-0.1, -0.05) is 41.4 Å². The Hall–Kier alpha value is -2.92. The number of rotatable bonds is 12. The number of carbonyl (C=O) groups is 2. The second kappa shape index (κ2) is 14.1. The van der Waals surface area contributed by atoms with Crippen LogP contribution in [0.25, 0.3) is 0 Å². The van der Waals surface area contributed by atoms with Gasteiger partial charge in [-0.2, -0.15) is 0 Å². The molecule has 0 aliphatic heterocycles. The summed E-state index contributed by atoms with van der Waals surface area (Å²) in [5, 5.41) is 3.19. The number of nitrogens with one attached hydrogen (secondary N) is 1. The zero-order valence-electron chi connectivity index (χ0n) is 22.6. The summed E-state index contributed by atoms with van der Waals surface area (Å²) in [5.74, 6) is -0.708. The molecule has 0 aliphatic carbocycles. The minimum atomic E-state index is -4.23. The third kappa shape index (κ3) is 7.42. The van der Waals surface area contributed by atoms with E-state index in [1.165, 1.54) is 35.8 Å². The summed E-state index contributed by atoms with van der Waals surface area (Å²) in [6, 6.07) is 17.0. The Balaban J connectivity index is 2.09. The van der Waals surface area contributed by atoms with E-state index in [-0.39, 0.29) is 17.1 Å². The lowest BCUT2D eigenvalue weighted by Crippen LogP contribution is -2.50. The number of thioether (sulfide) groups is 1. The third-order valence-electron chi connectivity index (χ3n) is 6.11. The van der Waals surface area contributed by atoms with Gasteiger partial charge in [-0.15, -0.1) is 11.8 Å². The highest BCUT2D eigenvalue weighted by molar-refractivity contribution is 7.98. The highest BCUT2D eigenvalue weighted by atomic mass is 35.5. The first-order valence-corrected chi connectivity index (χ1v) is 15.8. The van der Waals surface area contributed by atoms with Crippen LogP contribution in [0, 0.1) is 0 Å². The van der Waals surface area contributed by atoms with Crippen LogP contribution < -0.4 is 14.4 Å². The number of ether oxygens (including phenoxy) is 1. The van der Waals surface area contributed by atoms with Crippen LogP contribution in [0.5, 0.6) is 5.75 Å². The molecule has 8 nitrogen and oxygen atoms in total. The van der Waals surface area contributed by atoms with Crippen molar-refractivity contribution in [2.75, 3.05) is 30.8 Å². The first-order valence-electron chi connectivity index (χ1n) is 12.4. The van der Waals surface area contributed by atoms with Crippen molar-refractivity contribution in [1.29, 1.82) is 0 Å². The molecule has 2 amide bonds. The highest BCUT2D eigenvalue weighted by Crippen LogP contribution is 2.33. The van der Waals surface area contributed by atoms with Crippen molar-refractivity contribution in [1.82, 2.24) is 10.2 Å². The molecule has 3 aromatic rings. The van der Waals surface area contributed by atoms with Crippen molar-refractivity contribution in [2.24, 2.45) is 0 Å². The fourth-order valence-electron chi connectivity index (χ4n) is 3.96. The van der Waals surface area contributed by atoms with Crippen LogP contribution in [-0.2, 0) is 26.2 Å². The molecule has 214 valence electrons. The predicted octanol–water partition coefficient (Wildman–Crippen LogP) is 5.47. The van der Waals surface area contributed by atoms with Crippen molar-refractivity contribution in [3.63, 3.8) is 0 Å². The molecule has 1 N–H and O–H groups in total. The van der Waals surface area contributed by atoms with Crippen LogP contribution in [0.1, 0.15) is 19.4 Å². The number of amides is 2. The Labute approximate surface area is 249 Å². The van der Waals surface area contributed by atoms with Gasteiger partial charge in [0.05, 0.1) is 27.2 Å². The summed E-state index contributed by atoms with van der Waals surface area (Å²) in [6.45, 7) is 3.06. The van der Waals surface area contributed by atoms with Gasteiger partial charge in [-0.3, -0.25) is 13.9 Å². The maximum Gasteiger partial charge on any atom is 0.264 e. The largest absolute Gasteiger partial charge is 0.492 e. The Kier molecular flexibility index (Phi) is 11.2. The van der Waals surface area contributed by atoms with Crippen LogP contribution in [0.4, 0.5) is 5.69 Å². The van der Waals surface area contributed by atoms with E-state index in [2.05, 4.69) is 5.32 Å². The average molecular weight is 625 g/mol. The van der Waals surface area contributed by atoms with Crippen LogP contribution in [0.15, 0.2) is 76.5 Å². The number of benzene rings is 3. The topological polar surface area (TPSA) is 96.0 Å². The number of halogens is 2. The lowest BCUT2D eigenvalue weighted by atomic mass is 10.1. The molecular weight excluding hydrogens is 593 g/mol. The molecule has 0 fully saturated rings. The summed E-state index contributed by atoms with van der Waals surface area (Å²) in [5.41, 5.74) is 0.823. The van der Waals surface area contributed by atoms with Crippen molar-refractivity contribution < 1.29 is 22.7 Å². The van der Waals surface area contributed by atoms with Gasteiger partial charge in [-0.05, 0) is 74.2 Å². The maximum absolute atomic E-state index is 14.0. The van der Waals surface area contributed by atoms with E-state index in [9.17, 15) is 18.0 Å². The average Bonchev–Trinajstić information content (AvgIpc) is 2.96. The number of para-hydroxylation sites is 2. The fraction of sp³-hybridized carbons (Fsp3) is 0.286. The molecule has 0 spiro atoms. The zero-order valence-corrected chi connectivity index (χ0v) is 25.7. The highest BCUT2D eigenvalue weighted by Gasteiger charge is 2.33. The van der Waals surface area contributed by atoms with E-state index in [4.69, 9.17) is 27.9 Å².